The van der Waals surface area contributed by atoms with Crippen LogP contribution in [0.2, 0.25) is 0 Å². The average Bonchev–Trinajstić information content (AvgIpc) is 2.75. The van der Waals surface area contributed by atoms with Gasteiger partial charge < -0.3 is 25.6 Å². The van der Waals surface area contributed by atoms with Gasteiger partial charge in [-0.2, -0.15) is 0 Å². The van der Waals surface area contributed by atoms with Crippen molar-refractivity contribution < 1.29 is 38.9 Å². The Labute approximate surface area is 201 Å². The summed E-state index contributed by atoms with van der Waals surface area (Å²) in [6.07, 6.45) is -0.960. The quantitative estimate of drug-likeness (QED) is 0.428. The van der Waals surface area contributed by atoms with Crippen molar-refractivity contribution in [3.05, 3.63) is 23.3 Å². The zero-order valence-corrected chi connectivity index (χ0v) is 20.1. The highest BCUT2D eigenvalue weighted by molar-refractivity contribution is 6.32. The van der Waals surface area contributed by atoms with Crippen LogP contribution in [0.15, 0.2) is 12.1 Å². The Hall–Kier alpha value is -3.15. The molecule has 0 aromatic heterocycles. The van der Waals surface area contributed by atoms with Gasteiger partial charge in [0, 0.05) is 32.8 Å². The molecule has 4 rings (SSSR count). The van der Waals surface area contributed by atoms with E-state index in [1.807, 2.05) is 0 Å². The largest absolute Gasteiger partial charge is 0.507 e. The smallest absolute Gasteiger partial charge is 0.235 e. The van der Waals surface area contributed by atoms with Crippen LogP contribution in [0.1, 0.15) is 15.9 Å². The minimum absolute atomic E-state index is 0.0577. The highest BCUT2D eigenvalue weighted by atomic mass is 16.5. The van der Waals surface area contributed by atoms with E-state index in [0.717, 1.165) is 0 Å². The van der Waals surface area contributed by atoms with E-state index in [0.29, 0.717) is 11.3 Å². The maximum absolute atomic E-state index is 13.9. The zero-order valence-electron chi connectivity index (χ0n) is 20.1. The number of hydrogen-bond acceptors (Lipinski definition) is 10. The minimum atomic E-state index is -2.85. The Bertz CT molecular complexity index is 1160. The Morgan fingerprint density at radius 1 is 1.11 bits per heavy atom. The van der Waals surface area contributed by atoms with Crippen molar-refractivity contribution in [2.24, 2.45) is 29.4 Å². The first-order valence-corrected chi connectivity index (χ1v) is 11.2. The van der Waals surface area contributed by atoms with E-state index in [1.165, 1.54) is 32.2 Å². The lowest BCUT2D eigenvalue weighted by Crippen LogP contribution is -2.77. The van der Waals surface area contributed by atoms with E-state index in [-0.39, 0.29) is 17.7 Å². The van der Waals surface area contributed by atoms with Gasteiger partial charge in [-0.05, 0) is 38.2 Å². The lowest BCUT2D eigenvalue weighted by molar-refractivity contribution is -0.198. The molecule has 0 bridgehead atoms. The van der Waals surface area contributed by atoms with Gasteiger partial charge in [-0.25, -0.2) is 0 Å². The fourth-order valence-electron chi connectivity index (χ4n) is 6.31. The molecule has 0 spiro atoms. The number of likely N-dealkylation sites (N-methyl/N-ethyl adjacent to an activating group) is 1. The number of benzene rings is 1. The number of anilines is 1. The third kappa shape index (κ3) is 3.18. The number of nitrogens with two attached hydrogens (primary N) is 1. The summed E-state index contributed by atoms with van der Waals surface area (Å²) in [7, 11) is 7.89. The molecule has 2 unspecified atom stereocenters. The molecule has 11 heteroatoms. The third-order valence-electron chi connectivity index (χ3n) is 7.73. The highest BCUT2D eigenvalue weighted by Gasteiger charge is 2.72. The molecule has 0 radical (unpaired) electrons. The first kappa shape index (κ1) is 25.0. The van der Waals surface area contributed by atoms with Crippen molar-refractivity contribution in [1.29, 1.82) is 0 Å². The molecule has 4 N–H and O–H groups in total. The summed E-state index contributed by atoms with van der Waals surface area (Å²) in [6, 6.07) is 1.75. The fraction of sp³-hybridized carbons (Fsp3) is 0.542. The molecule has 1 aromatic carbocycles. The Kier molecular flexibility index (Phi) is 5.86. The van der Waals surface area contributed by atoms with Crippen molar-refractivity contribution in [1.82, 2.24) is 4.90 Å². The molecule has 11 nitrogen and oxygen atoms in total. The molecule has 1 amide bonds. The Balaban J connectivity index is 1.97. The minimum Gasteiger partial charge on any atom is -0.507 e. The van der Waals surface area contributed by atoms with Gasteiger partial charge >= 0.3 is 0 Å². The Morgan fingerprint density at radius 2 is 1.74 bits per heavy atom. The topological polar surface area (TPSA) is 168 Å². The maximum atomic E-state index is 13.9. The number of primary amides is 1. The van der Waals surface area contributed by atoms with Gasteiger partial charge in [0.05, 0.1) is 29.5 Å². The number of nitrogens with zero attached hydrogens (tertiary/aromatic N) is 2. The van der Waals surface area contributed by atoms with E-state index in [1.54, 1.807) is 25.1 Å². The van der Waals surface area contributed by atoms with E-state index in [9.17, 15) is 34.2 Å². The number of hydrogen-bond donors (Lipinski definition) is 3. The van der Waals surface area contributed by atoms with Crippen LogP contribution in [0, 0.1) is 23.7 Å². The monoisotopic (exact) mass is 487 g/mol. The predicted molar refractivity (Wildman–Crippen MR) is 122 cm³/mol. The molecule has 188 valence electrons. The molecule has 3 aliphatic rings. The molecule has 2 saturated carbocycles. The normalized spacial score (nSPS) is 34.4. The van der Waals surface area contributed by atoms with Crippen molar-refractivity contribution in [2.75, 3.05) is 40.2 Å². The molecular weight excluding hydrogens is 458 g/mol. The second-order valence-corrected chi connectivity index (χ2v) is 9.93. The molecular formula is C24H29N3O8. The van der Waals surface area contributed by atoms with Crippen LogP contribution < -0.4 is 10.6 Å². The predicted octanol–water partition coefficient (Wildman–Crippen LogP) is -1.44. The van der Waals surface area contributed by atoms with E-state index in [2.05, 4.69) is 0 Å². The number of aromatic hydroxyl groups is 1. The van der Waals surface area contributed by atoms with Crippen molar-refractivity contribution in [3.8, 4) is 5.75 Å². The molecule has 0 aliphatic heterocycles. The second kappa shape index (κ2) is 8.21. The number of ether oxygens (including phenoxy) is 1. The molecule has 2 fully saturated rings. The summed E-state index contributed by atoms with van der Waals surface area (Å²) in [6.45, 7) is 0. The van der Waals surface area contributed by atoms with Crippen LogP contribution in [0.3, 0.4) is 0 Å². The summed E-state index contributed by atoms with van der Waals surface area (Å²) in [5.74, 6) is -11.4. The van der Waals surface area contributed by atoms with Crippen LogP contribution in [-0.4, -0.2) is 97.2 Å². The molecule has 0 saturated heterocycles. The van der Waals surface area contributed by atoms with E-state index < -0.39 is 70.5 Å². The summed E-state index contributed by atoms with van der Waals surface area (Å²) in [4.78, 5) is 69.4. The average molecular weight is 488 g/mol. The first-order valence-electron chi connectivity index (χ1n) is 11.2. The van der Waals surface area contributed by atoms with Crippen molar-refractivity contribution in [3.63, 3.8) is 0 Å². The highest BCUT2D eigenvalue weighted by Crippen LogP contribution is 2.52. The zero-order chi connectivity index (χ0) is 26.1. The van der Waals surface area contributed by atoms with Crippen LogP contribution in [-0.2, 0) is 30.3 Å². The van der Waals surface area contributed by atoms with E-state index in [4.69, 9.17) is 10.5 Å². The number of rotatable bonds is 4. The van der Waals surface area contributed by atoms with E-state index >= 15 is 0 Å². The van der Waals surface area contributed by atoms with Gasteiger partial charge in [0.1, 0.15) is 5.75 Å². The van der Waals surface area contributed by atoms with Crippen LogP contribution >= 0.6 is 0 Å². The van der Waals surface area contributed by atoms with Gasteiger partial charge in [-0.3, -0.25) is 28.9 Å². The standard InChI is InChI=1S/C24H29N3O8/c1-26(2)11-6-7-12(28)13-9(11)8-10-14(18(13)29)21(31)24(34)16(20(10)35-5)17(27(3)4)19(30)15(22(24)32)23(25)33/h6-7,10,14-17,20,28,34H,8H2,1-5H3,(H2,25,33)/t10-,14?,15?,16-,17+,20-,24+/m1/s1. The number of Topliss-reactive ketones (excluding diaryl/α,β-unsaturated/α-hetero) is 4. The first-order chi connectivity index (χ1) is 16.3. The van der Waals surface area contributed by atoms with Gasteiger partial charge in [-0.15, -0.1) is 0 Å². The SMILES string of the molecule is CO[C@H]1[C@H]2[C@H](N(C)C)C(=O)C(C(N)=O)C(=O)[C@@]2(O)C(=O)C2C(=O)c3c(O)ccc(N(C)C)c3C[C@H]21. The number of fused-ring (bicyclic) bond motifs is 3. The Morgan fingerprint density at radius 3 is 2.26 bits per heavy atom. The van der Waals surface area contributed by atoms with Gasteiger partial charge in [0.15, 0.2) is 34.7 Å². The van der Waals surface area contributed by atoms with Crippen molar-refractivity contribution in [2.45, 2.75) is 24.2 Å². The third-order valence-corrected chi connectivity index (χ3v) is 7.73. The van der Waals surface area contributed by atoms with Crippen LogP contribution in [0.4, 0.5) is 5.69 Å². The number of carbonyl (C=O) groups is 5. The lowest BCUT2D eigenvalue weighted by atomic mass is 9.51. The summed E-state index contributed by atoms with van der Waals surface area (Å²) < 4.78 is 5.72. The number of carbonyl (C=O) groups excluding carboxylic acids is 5. The molecule has 35 heavy (non-hydrogen) atoms. The maximum Gasteiger partial charge on any atom is 0.235 e. The number of aliphatic hydroxyl groups is 1. The van der Waals surface area contributed by atoms with Gasteiger partial charge in [-0.1, -0.05) is 0 Å². The molecule has 1 aromatic rings. The molecule has 7 atom stereocenters. The fourth-order valence-corrected chi connectivity index (χ4v) is 6.31. The number of ketones is 4. The van der Waals surface area contributed by atoms with Crippen LogP contribution in [0.25, 0.3) is 0 Å². The second-order valence-electron chi connectivity index (χ2n) is 9.93. The molecule has 0 heterocycles. The van der Waals surface area contributed by atoms with Gasteiger partial charge in [0.2, 0.25) is 5.91 Å². The summed E-state index contributed by atoms with van der Waals surface area (Å²) >= 11 is 0. The lowest BCUT2D eigenvalue weighted by Gasteiger charge is -2.55. The van der Waals surface area contributed by atoms with Gasteiger partial charge in [0.25, 0.3) is 0 Å². The number of phenolic OH excluding ortho intramolecular Hbond substituents is 1. The molecule has 3 aliphatic carbocycles. The number of phenols is 1. The summed E-state index contributed by atoms with van der Waals surface area (Å²) in [5.41, 5.74) is 3.58. The van der Waals surface area contributed by atoms with Crippen LogP contribution in [0.5, 0.6) is 5.75 Å². The number of amides is 1. The summed E-state index contributed by atoms with van der Waals surface area (Å²) in [5, 5.41) is 22.2. The van der Waals surface area contributed by atoms with Crippen molar-refractivity contribution >= 4 is 34.7 Å². The number of methoxy groups -OCH3 is 1.